The summed E-state index contributed by atoms with van der Waals surface area (Å²) in [5.41, 5.74) is 0. The molecule has 0 spiro atoms. The Labute approximate surface area is 101 Å². The molecule has 2 aliphatic rings. The van der Waals surface area contributed by atoms with Crippen molar-refractivity contribution in [1.29, 1.82) is 0 Å². The molecule has 0 saturated heterocycles. The van der Waals surface area contributed by atoms with E-state index < -0.39 is 0 Å². The summed E-state index contributed by atoms with van der Waals surface area (Å²) in [6.45, 7) is 7.56. The van der Waals surface area contributed by atoms with Gasteiger partial charge in [-0.15, -0.1) is 6.58 Å². The highest BCUT2D eigenvalue weighted by Gasteiger charge is 2.29. The van der Waals surface area contributed by atoms with Crippen LogP contribution in [0.3, 0.4) is 0 Å². The molecule has 0 aromatic heterocycles. The average Bonchev–Trinajstić information content (AvgIpc) is 3.09. The molecule has 0 radical (unpaired) electrons. The van der Waals surface area contributed by atoms with E-state index in [2.05, 4.69) is 24.9 Å². The Morgan fingerprint density at radius 1 is 1.19 bits per heavy atom. The van der Waals surface area contributed by atoms with Crippen molar-refractivity contribution in [2.75, 3.05) is 6.54 Å². The van der Waals surface area contributed by atoms with Crippen LogP contribution in [-0.4, -0.2) is 12.6 Å². The van der Waals surface area contributed by atoms with Gasteiger partial charge in [0.1, 0.15) is 0 Å². The molecule has 2 rings (SSSR count). The molecule has 1 N–H and O–H groups in total. The first-order valence-corrected chi connectivity index (χ1v) is 7.14. The number of rotatable bonds is 6. The summed E-state index contributed by atoms with van der Waals surface area (Å²) in [7, 11) is 0. The molecule has 2 saturated carbocycles. The van der Waals surface area contributed by atoms with E-state index in [-0.39, 0.29) is 0 Å². The second-order valence-electron chi connectivity index (χ2n) is 5.99. The van der Waals surface area contributed by atoms with Gasteiger partial charge in [-0.3, -0.25) is 0 Å². The summed E-state index contributed by atoms with van der Waals surface area (Å²) in [5, 5.41) is 3.72. The largest absolute Gasteiger partial charge is 0.314 e. The average molecular weight is 221 g/mol. The van der Waals surface area contributed by atoms with Crippen LogP contribution >= 0.6 is 0 Å². The van der Waals surface area contributed by atoms with E-state index in [1.807, 2.05) is 0 Å². The summed E-state index contributed by atoms with van der Waals surface area (Å²) in [6.07, 6.45) is 11.8. The van der Waals surface area contributed by atoms with Crippen molar-refractivity contribution in [3.8, 4) is 0 Å². The van der Waals surface area contributed by atoms with Crippen LogP contribution < -0.4 is 5.32 Å². The Morgan fingerprint density at radius 2 is 2.00 bits per heavy atom. The summed E-state index contributed by atoms with van der Waals surface area (Å²) in [4.78, 5) is 0. The van der Waals surface area contributed by atoms with E-state index in [0.29, 0.717) is 0 Å². The highest BCUT2D eigenvalue weighted by Crippen LogP contribution is 2.36. The maximum Gasteiger partial charge on any atom is 0.00683 e. The molecule has 3 atom stereocenters. The Morgan fingerprint density at radius 3 is 2.69 bits per heavy atom. The molecule has 16 heavy (non-hydrogen) atoms. The van der Waals surface area contributed by atoms with Gasteiger partial charge in [0.15, 0.2) is 0 Å². The fourth-order valence-electron chi connectivity index (χ4n) is 3.12. The van der Waals surface area contributed by atoms with Crippen molar-refractivity contribution in [1.82, 2.24) is 5.32 Å². The lowest BCUT2D eigenvalue weighted by atomic mass is 9.72. The first kappa shape index (κ1) is 12.2. The molecule has 1 heteroatoms. The van der Waals surface area contributed by atoms with Crippen LogP contribution in [0.15, 0.2) is 12.7 Å². The topological polar surface area (TPSA) is 12.0 Å². The van der Waals surface area contributed by atoms with Crippen LogP contribution in [0, 0.1) is 17.8 Å². The third-order valence-corrected chi connectivity index (χ3v) is 4.39. The van der Waals surface area contributed by atoms with Crippen molar-refractivity contribution in [2.45, 2.75) is 57.9 Å². The van der Waals surface area contributed by atoms with E-state index in [4.69, 9.17) is 0 Å². The fourth-order valence-corrected chi connectivity index (χ4v) is 3.12. The zero-order chi connectivity index (χ0) is 11.4. The predicted molar refractivity (Wildman–Crippen MR) is 70.5 cm³/mol. The van der Waals surface area contributed by atoms with Crippen molar-refractivity contribution < 1.29 is 0 Å². The lowest BCUT2D eigenvalue weighted by molar-refractivity contribution is 0.175. The highest BCUT2D eigenvalue weighted by molar-refractivity contribution is 4.86. The Bertz CT molecular complexity index is 219. The van der Waals surface area contributed by atoms with E-state index in [9.17, 15) is 0 Å². The van der Waals surface area contributed by atoms with Crippen LogP contribution in [0.5, 0.6) is 0 Å². The second kappa shape index (κ2) is 5.86. The first-order chi connectivity index (χ1) is 7.79. The predicted octanol–water partition coefficient (Wildman–Crippen LogP) is 3.76. The normalized spacial score (nSPS) is 34.9. The number of allylic oxidation sites excluding steroid dienone is 1. The minimum absolute atomic E-state index is 0.874. The molecule has 0 aromatic rings. The zero-order valence-corrected chi connectivity index (χ0v) is 10.8. The van der Waals surface area contributed by atoms with Gasteiger partial charge in [0.05, 0.1) is 0 Å². The standard InChI is InChI=1S/C15H27N/c1-3-4-5-13-10-12(2)6-7-14(13)11-16-15-8-9-15/h3,12-16H,1,4-11H2,2H3. The van der Waals surface area contributed by atoms with Gasteiger partial charge in [-0.1, -0.05) is 19.4 Å². The lowest BCUT2D eigenvalue weighted by Crippen LogP contribution is -2.33. The van der Waals surface area contributed by atoms with Crippen molar-refractivity contribution >= 4 is 0 Å². The first-order valence-electron chi connectivity index (χ1n) is 7.14. The Hall–Kier alpha value is -0.300. The monoisotopic (exact) mass is 221 g/mol. The van der Waals surface area contributed by atoms with Gasteiger partial charge < -0.3 is 5.32 Å². The van der Waals surface area contributed by atoms with Gasteiger partial charge in [-0.25, -0.2) is 0 Å². The van der Waals surface area contributed by atoms with Crippen molar-refractivity contribution in [3.05, 3.63) is 12.7 Å². The molecular formula is C15H27N. The highest BCUT2D eigenvalue weighted by atomic mass is 14.9. The fraction of sp³-hybridized carbons (Fsp3) is 0.867. The van der Waals surface area contributed by atoms with Gasteiger partial charge in [-0.2, -0.15) is 0 Å². The molecule has 2 aliphatic carbocycles. The molecule has 0 heterocycles. The number of nitrogens with one attached hydrogen (secondary N) is 1. The number of hydrogen-bond donors (Lipinski definition) is 1. The van der Waals surface area contributed by atoms with E-state index in [0.717, 1.165) is 23.8 Å². The Balaban J connectivity index is 1.77. The molecule has 2 fully saturated rings. The van der Waals surface area contributed by atoms with Crippen molar-refractivity contribution in [3.63, 3.8) is 0 Å². The van der Waals surface area contributed by atoms with Crippen LogP contribution in [0.25, 0.3) is 0 Å². The van der Waals surface area contributed by atoms with Gasteiger partial charge in [-0.05, 0) is 62.8 Å². The van der Waals surface area contributed by atoms with Crippen LogP contribution in [-0.2, 0) is 0 Å². The molecule has 0 aromatic carbocycles. The summed E-state index contributed by atoms with van der Waals surface area (Å²) >= 11 is 0. The van der Waals surface area contributed by atoms with E-state index in [1.165, 1.54) is 51.5 Å². The molecule has 1 nitrogen and oxygen atoms in total. The summed E-state index contributed by atoms with van der Waals surface area (Å²) < 4.78 is 0. The third kappa shape index (κ3) is 3.62. The van der Waals surface area contributed by atoms with Gasteiger partial charge >= 0.3 is 0 Å². The molecule has 92 valence electrons. The Kier molecular flexibility index (Phi) is 4.45. The van der Waals surface area contributed by atoms with Crippen molar-refractivity contribution in [2.24, 2.45) is 17.8 Å². The molecule has 0 bridgehead atoms. The zero-order valence-electron chi connectivity index (χ0n) is 10.8. The third-order valence-electron chi connectivity index (χ3n) is 4.39. The second-order valence-corrected chi connectivity index (χ2v) is 5.99. The molecule has 0 aliphatic heterocycles. The van der Waals surface area contributed by atoms with Gasteiger partial charge in [0.25, 0.3) is 0 Å². The van der Waals surface area contributed by atoms with Crippen LogP contribution in [0.1, 0.15) is 51.9 Å². The van der Waals surface area contributed by atoms with Gasteiger partial charge in [0, 0.05) is 6.04 Å². The minimum Gasteiger partial charge on any atom is -0.314 e. The van der Waals surface area contributed by atoms with Crippen LogP contribution in [0.2, 0.25) is 0 Å². The summed E-state index contributed by atoms with van der Waals surface area (Å²) in [5.74, 6) is 2.84. The summed E-state index contributed by atoms with van der Waals surface area (Å²) in [6, 6.07) is 0.874. The number of hydrogen-bond acceptors (Lipinski definition) is 1. The molecular weight excluding hydrogens is 194 g/mol. The van der Waals surface area contributed by atoms with E-state index >= 15 is 0 Å². The van der Waals surface area contributed by atoms with Crippen LogP contribution in [0.4, 0.5) is 0 Å². The minimum atomic E-state index is 0.874. The molecule has 0 amide bonds. The lowest BCUT2D eigenvalue weighted by Gasteiger charge is -2.35. The molecule has 3 unspecified atom stereocenters. The maximum atomic E-state index is 3.86. The quantitative estimate of drug-likeness (QED) is 0.673. The SMILES string of the molecule is C=CCCC1CC(C)CCC1CNC1CC1. The smallest absolute Gasteiger partial charge is 0.00683 e. The van der Waals surface area contributed by atoms with Gasteiger partial charge in [0.2, 0.25) is 0 Å². The maximum absolute atomic E-state index is 3.86. The van der Waals surface area contributed by atoms with E-state index in [1.54, 1.807) is 0 Å².